The molecule has 1 amide bonds. The van der Waals surface area contributed by atoms with Crippen LogP contribution in [0.5, 0.6) is 5.75 Å². The molecule has 0 saturated carbocycles. The van der Waals surface area contributed by atoms with Gasteiger partial charge in [-0.05, 0) is 20.3 Å². The molecule has 0 aromatic carbocycles. The molecule has 1 aromatic heterocycles. The lowest BCUT2D eigenvalue weighted by Crippen LogP contribution is -2.21. The fraction of sp³-hybridized carbons (Fsp3) is 0.632. The van der Waals surface area contributed by atoms with Gasteiger partial charge in [0.25, 0.3) is 0 Å². The second kappa shape index (κ2) is 11.4. The van der Waals surface area contributed by atoms with Gasteiger partial charge in [-0.1, -0.05) is 51.9 Å². The van der Waals surface area contributed by atoms with Gasteiger partial charge in [-0.3, -0.25) is 4.79 Å². The first kappa shape index (κ1) is 20.9. The van der Waals surface area contributed by atoms with Crippen molar-refractivity contribution in [2.75, 3.05) is 0 Å². The minimum atomic E-state index is -0.670. The van der Waals surface area contributed by atoms with E-state index in [2.05, 4.69) is 17.5 Å². The highest BCUT2D eigenvalue weighted by Crippen LogP contribution is 2.15. The predicted octanol–water partition coefficient (Wildman–Crippen LogP) is 4.02. The van der Waals surface area contributed by atoms with Crippen molar-refractivity contribution < 1.29 is 14.3 Å². The molecule has 6 nitrogen and oxygen atoms in total. The Balaban J connectivity index is 2.33. The second-order valence-electron chi connectivity index (χ2n) is 6.36. The Hall–Kier alpha value is -2.11. The molecule has 25 heavy (non-hydrogen) atoms. The molecule has 0 aliphatic rings. The number of hydrogen-bond acceptors (Lipinski definition) is 5. The average molecular weight is 350 g/mol. The summed E-state index contributed by atoms with van der Waals surface area (Å²) in [4.78, 5) is 23.6. The van der Waals surface area contributed by atoms with E-state index in [1.165, 1.54) is 45.1 Å². The fourth-order valence-corrected chi connectivity index (χ4v) is 2.61. The minimum Gasteiger partial charge on any atom is -0.507 e. The van der Waals surface area contributed by atoms with Crippen LogP contribution in [0.3, 0.4) is 0 Å². The molecule has 0 bridgehead atoms. The SMILES string of the molecule is CCCCCCCCCCC(=O)NN=C(C)c1c(O)cc(C)oc1=O. The summed E-state index contributed by atoms with van der Waals surface area (Å²) in [6.07, 6.45) is 9.75. The molecule has 0 atom stereocenters. The normalized spacial score (nSPS) is 11.6. The number of carbonyl (C=O) groups is 1. The molecule has 0 aliphatic carbocycles. The Kier molecular flexibility index (Phi) is 9.58. The third-order valence-electron chi connectivity index (χ3n) is 4.02. The number of rotatable bonds is 11. The standard InChI is InChI=1S/C19H30N2O4/c1-4-5-6-7-8-9-10-11-12-17(23)21-20-15(3)18-16(22)13-14(2)25-19(18)24/h13,22H,4-12H2,1-3H3,(H,21,23). The van der Waals surface area contributed by atoms with Crippen LogP contribution in [-0.4, -0.2) is 16.7 Å². The van der Waals surface area contributed by atoms with E-state index in [-0.39, 0.29) is 22.9 Å². The Bertz CT molecular complexity index is 635. The molecule has 0 saturated heterocycles. The molecule has 1 aromatic rings. The van der Waals surface area contributed by atoms with E-state index in [4.69, 9.17) is 4.42 Å². The van der Waals surface area contributed by atoms with Gasteiger partial charge < -0.3 is 9.52 Å². The number of aryl methyl sites for hydroxylation is 1. The summed E-state index contributed by atoms with van der Waals surface area (Å²) in [6.45, 7) is 5.32. The van der Waals surface area contributed by atoms with Crippen molar-refractivity contribution in [1.29, 1.82) is 0 Å². The summed E-state index contributed by atoms with van der Waals surface area (Å²) in [5.41, 5.74) is 1.94. The zero-order valence-corrected chi connectivity index (χ0v) is 15.6. The molecule has 0 fully saturated rings. The molecular weight excluding hydrogens is 320 g/mol. The van der Waals surface area contributed by atoms with Crippen LogP contribution in [0.4, 0.5) is 0 Å². The van der Waals surface area contributed by atoms with Crippen LogP contribution >= 0.6 is 0 Å². The third kappa shape index (κ3) is 8.01. The van der Waals surface area contributed by atoms with Crippen LogP contribution in [0.25, 0.3) is 0 Å². The summed E-state index contributed by atoms with van der Waals surface area (Å²) in [6, 6.07) is 1.35. The van der Waals surface area contributed by atoms with Crippen molar-refractivity contribution in [2.45, 2.75) is 78.6 Å². The molecule has 0 radical (unpaired) electrons. The monoisotopic (exact) mass is 350 g/mol. The van der Waals surface area contributed by atoms with E-state index < -0.39 is 5.63 Å². The Morgan fingerprint density at radius 3 is 2.36 bits per heavy atom. The van der Waals surface area contributed by atoms with E-state index in [0.29, 0.717) is 12.2 Å². The quantitative estimate of drug-likeness (QED) is 0.358. The molecule has 1 rings (SSSR count). The van der Waals surface area contributed by atoms with Gasteiger partial charge in [-0.2, -0.15) is 5.10 Å². The first-order valence-electron chi connectivity index (χ1n) is 9.13. The molecule has 0 spiro atoms. The van der Waals surface area contributed by atoms with Gasteiger partial charge in [-0.25, -0.2) is 10.2 Å². The number of nitrogens with zero attached hydrogens (tertiary/aromatic N) is 1. The molecule has 1 heterocycles. The van der Waals surface area contributed by atoms with Gasteiger partial charge in [0.1, 0.15) is 17.1 Å². The van der Waals surface area contributed by atoms with Gasteiger partial charge in [0.15, 0.2) is 0 Å². The predicted molar refractivity (Wildman–Crippen MR) is 99.0 cm³/mol. The summed E-state index contributed by atoms with van der Waals surface area (Å²) < 4.78 is 4.93. The number of hydrogen-bond donors (Lipinski definition) is 2. The maximum absolute atomic E-state index is 11.8. The van der Waals surface area contributed by atoms with Crippen LogP contribution in [0.15, 0.2) is 20.4 Å². The van der Waals surface area contributed by atoms with Gasteiger partial charge in [0.2, 0.25) is 5.91 Å². The lowest BCUT2D eigenvalue weighted by molar-refractivity contribution is -0.121. The van der Waals surface area contributed by atoms with E-state index in [1.807, 2.05) is 0 Å². The molecule has 140 valence electrons. The Labute approximate surface area is 149 Å². The largest absolute Gasteiger partial charge is 0.507 e. The van der Waals surface area contributed by atoms with Crippen LogP contribution in [0.2, 0.25) is 0 Å². The minimum absolute atomic E-state index is 0.0296. The van der Waals surface area contributed by atoms with Gasteiger partial charge in [0.05, 0.1) is 5.71 Å². The first-order valence-corrected chi connectivity index (χ1v) is 9.13. The molecule has 0 unspecified atom stereocenters. The van der Waals surface area contributed by atoms with Crippen molar-refractivity contribution in [3.05, 3.63) is 27.8 Å². The van der Waals surface area contributed by atoms with Crippen LogP contribution in [0.1, 0.15) is 83.0 Å². The van der Waals surface area contributed by atoms with E-state index in [0.717, 1.165) is 19.3 Å². The summed E-state index contributed by atoms with van der Waals surface area (Å²) in [7, 11) is 0. The first-order chi connectivity index (χ1) is 12.0. The van der Waals surface area contributed by atoms with Crippen LogP contribution in [0, 0.1) is 6.92 Å². The van der Waals surface area contributed by atoms with Crippen molar-refractivity contribution in [2.24, 2.45) is 5.10 Å². The summed E-state index contributed by atoms with van der Waals surface area (Å²) in [5, 5.41) is 13.7. The zero-order valence-electron chi connectivity index (χ0n) is 15.6. The third-order valence-corrected chi connectivity index (χ3v) is 4.02. The Morgan fingerprint density at radius 2 is 1.76 bits per heavy atom. The summed E-state index contributed by atoms with van der Waals surface area (Å²) >= 11 is 0. The molecule has 6 heteroatoms. The molecule has 2 N–H and O–H groups in total. The topological polar surface area (TPSA) is 91.9 Å². The number of carbonyl (C=O) groups excluding carboxylic acids is 1. The summed E-state index contributed by atoms with van der Waals surface area (Å²) in [5.74, 6) is -0.0774. The van der Waals surface area contributed by atoms with Gasteiger partial charge in [-0.15, -0.1) is 0 Å². The van der Waals surface area contributed by atoms with Crippen molar-refractivity contribution in [3.63, 3.8) is 0 Å². The number of unbranched alkanes of at least 4 members (excludes halogenated alkanes) is 7. The highest BCUT2D eigenvalue weighted by molar-refractivity contribution is 6.01. The van der Waals surface area contributed by atoms with Gasteiger partial charge >= 0.3 is 5.63 Å². The zero-order chi connectivity index (χ0) is 18.7. The smallest absolute Gasteiger partial charge is 0.348 e. The number of hydrazone groups is 1. The van der Waals surface area contributed by atoms with Crippen molar-refractivity contribution in [3.8, 4) is 5.75 Å². The molecule has 0 aliphatic heterocycles. The maximum Gasteiger partial charge on any atom is 0.348 e. The van der Waals surface area contributed by atoms with E-state index in [9.17, 15) is 14.7 Å². The number of nitrogens with one attached hydrogen (secondary N) is 1. The highest BCUT2D eigenvalue weighted by Gasteiger charge is 2.13. The van der Waals surface area contributed by atoms with E-state index >= 15 is 0 Å². The van der Waals surface area contributed by atoms with Crippen molar-refractivity contribution in [1.82, 2.24) is 5.43 Å². The lowest BCUT2D eigenvalue weighted by atomic mass is 10.1. The highest BCUT2D eigenvalue weighted by atomic mass is 16.4. The number of aromatic hydroxyl groups is 1. The van der Waals surface area contributed by atoms with E-state index in [1.54, 1.807) is 6.92 Å². The van der Waals surface area contributed by atoms with Crippen molar-refractivity contribution >= 4 is 11.6 Å². The number of amides is 1. The van der Waals surface area contributed by atoms with Crippen LogP contribution < -0.4 is 11.1 Å². The van der Waals surface area contributed by atoms with Crippen LogP contribution in [-0.2, 0) is 4.79 Å². The Morgan fingerprint density at radius 1 is 1.16 bits per heavy atom. The average Bonchev–Trinajstić information content (AvgIpc) is 2.54. The molecular formula is C19H30N2O4. The maximum atomic E-state index is 11.8. The van der Waals surface area contributed by atoms with Gasteiger partial charge in [0, 0.05) is 12.5 Å². The fourth-order valence-electron chi connectivity index (χ4n) is 2.61. The second-order valence-corrected chi connectivity index (χ2v) is 6.36. The lowest BCUT2D eigenvalue weighted by Gasteiger charge is -2.05.